The molecule has 0 aromatic carbocycles. The Bertz CT molecular complexity index is 827. The van der Waals surface area contributed by atoms with E-state index in [-0.39, 0.29) is 24.3 Å². The third-order valence-electron chi connectivity index (χ3n) is 5.69. The second-order valence-corrected chi connectivity index (χ2v) is 7.60. The van der Waals surface area contributed by atoms with Crippen LogP contribution in [0.1, 0.15) is 38.5 Å². The molecule has 0 spiro atoms. The van der Waals surface area contributed by atoms with Crippen LogP contribution in [0.25, 0.3) is 11.2 Å². The van der Waals surface area contributed by atoms with E-state index in [1.54, 1.807) is 22.8 Å². The smallest absolute Gasteiger partial charge is 0.222 e. The first-order valence-electron chi connectivity index (χ1n) is 9.63. The van der Waals surface area contributed by atoms with Crippen molar-refractivity contribution in [2.45, 2.75) is 62.8 Å². The Morgan fingerprint density at radius 1 is 1.39 bits per heavy atom. The molecule has 28 heavy (non-hydrogen) atoms. The standard InChI is InChI=1S/C18H29N7O3/c1-24(14(27)4-2-3-7-19)12-5-6-18(28,13(26)8-12)9-25-11-23-15-16(20)21-10-22-17(15)25/h10-13,26,28H,2-9,19H2,1H3,(H2,20,21,22)/t12-,13+,18+/m0/s1. The van der Waals surface area contributed by atoms with Crippen LogP contribution in [0.3, 0.4) is 0 Å². The molecule has 1 amide bonds. The van der Waals surface area contributed by atoms with Crippen LogP contribution in [-0.2, 0) is 11.3 Å². The van der Waals surface area contributed by atoms with E-state index in [0.717, 1.165) is 12.8 Å². The molecule has 0 aliphatic heterocycles. The van der Waals surface area contributed by atoms with Crippen LogP contribution in [0.4, 0.5) is 5.82 Å². The zero-order valence-corrected chi connectivity index (χ0v) is 16.2. The first-order valence-corrected chi connectivity index (χ1v) is 9.63. The third-order valence-corrected chi connectivity index (χ3v) is 5.69. The predicted octanol–water partition coefficient (Wildman–Crippen LogP) is -0.360. The number of hydrogen-bond donors (Lipinski definition) is 4. The highest BCUT2D eigenvalue weighted by Gasteiger charge is 2.43. The van der Waals surface area contributed by atoms with Gasteiger partial charge < -0.3 is 31.1 Å². The number of anilines is 1. The van der Waals surface area contributed by atoms with Gasteiger partial charge in [0, 0.05) is 19.5 Å². The minimum Gasteiger partial charge on any atom is -0.390 e. The fourth-order valence-electron chi connectivity index (χ4n) is 3.82. The van der Waals surface area contributed by atoms with Gasteiger partial charge in [-0.2, -0.15) is 0 Å². The number of carbonyl (C=O) groups excluding carboxylic acids is 1. The van der Waals surface area contributed by atoms with Gasteiger partial charge in [-0.3, -0.25) is 4.79 Å². The average molecular weight is 391 g/mol. The fraction of sp³-hybridized carbons (Fsp3) is 0.667. The molecule has 10 nitrogen and oxygen atoms in total. The van der Waals surface area contributed by atoms with Crippen molar-refractivity contribution >= 4 is 22.9 Å². The second-order valence-electron chi connectivity index (χ2n) is 7.60. The van der Waals surface area contributed by atoms with E-state index in [2.05, 4.69) is 15.0 Å². The SMILES string of the molecule is CN(C(=O)CCCCN)[C@H]1CC[C@@](O)(Cn2cnc3c(N)ncnc32)[C@H](O)C1. The number of aliphatic hydroxyl groups is 2. The Morgan fingerprint density at radius 2 is 2.18 bits per heavy atom. The predicted molar refractivity (Wildman–Crippen MR) is 104 cm³/mol. The van der Waals surface area contributed by atoms with E-state index in [1.807, 2.05) is 0 Å². The van der Waals surface area contributed by atoms with Crippen molar-refractivity contribution in [1.82, 2.24) is 24.4 Å². The molecule has 6 N–H and O–H groups in total. The second kappa shape index (κ2) is 8.38. The number of fused-ring (bicyclic) bond motifs is 1. The van der Waals surface area contributed by atoms with E-state index >= 15 is 0 Å². The minimum absolute atomic E-state index is 0.0452. The van der Waals surface area contributed by atoms with Crippen LogP contribution in [0.2, 0.25) is 0 Å². The molecule has 0 bridgehead atoms. The summed E-state index contributed by atoms with van der Waals surface area (Å²) in [5, 5.41) is 21.7. The lowest BCUT2D eigenvalue weighted by Gasteiger charge is -2.43. The Kier molecular flexibility index (Phi) is 6.11. The highest BCUT2D eigenvalue weighted by atomic mass is 16.3. The molecule has 0 radical (unpaired) electrons. The monoisotopic (exact) mass is 391 g/mol. The number of rotatable bonds is 7. The van der Waals surface area contributed by atoms with Gasteiger partial charge in [-0.1, -0.05) is 0 Å². The number of unbranched alkanes of at least 4 members (excludes halogenated alkanes) is 1. The van der Waals surface area contributed by atoms with Crippen LogP contribution in [-0.4, -0.2) is 71.9 Å². The Morgan fingerprint density at radius 3 is 2.89 bits per heavy atom. The van der Waals surface area contributed by atoms with Crippen LogP contribution in [0.5, 0.6) is 0 Å². The van der Waals surface area contributed by atoms with Gasteiger partial charge in [0.15, 0.2) is 11.5 Å². The van der Waals surface area contributed by atoms with Crippen LogP contribution in [0, 0.1) is 0 Å². The number of hydrogen-bond acceptors (Lipinski definition) is 8. The van der Waals surface area contributed by atoms with Crippen molar-refractivity contribution in [3.63, 3.8) is 0 Å². The van der Waals surface area contributed by atoms with Crippen molar-refractivity contribution in [2.75, 3.05) is 19.3 Å². The Labute approximate surface area is 163 Å². The summed E-state index contributed by atoms with van der Waals surface area (Å²) in [5.41, 5.74) is 10.9. The summed E-state index contributed by atoms with van der Waals surface area (Å²) in [5.74, 6) is 0.318. The first-order chi connectivity index (χ1) is 13.4. The molecule has 2 aromatic heterocycles. The van der Waals surface area contributed by atoms with Gasteiger partial charge in [0.2, 0.25) is 5.91 Å². The Balaban J connectivity index is 1.65. The lowest BCUT2D eigenvalue weighted by Crippen LogP contribution is -2.54. The van der Waals surface area contributed by atoms with Crippen LogP contribution >= 0.6 is 0 Å². The third kappa shape index (κ3) is 4.08. The van der Waals surface area contributed by atoms with Gasteiger partial charge in [-0.15, -0.1) is 0 Å². The van der Waals surface area contributed by atoms with Crippen molar-refractivity contribution in [2.24, 2.45) is 5.73 Å². The summed E-state index contributed by atoms with van der Waals surface area (Å²) in [6.45, 7) is 0.716. The molecule has 2 heterocycles. The van der Waals surface area contributed by atoms with Crippen molar-refractivity contribution < 1.29 is 15.0 Å². The molecule has 10 heteroatoms. The van der Waals surface area contributed by atoms with Gasteiger partial charge in [-0.25, -0.2) is 15.0 Å². The van der Waals surface area contributed by atoms with E-state index in [4.69, 9.17) is 11.5 Å². The van der Waals surface area contributed by atoms with E-state index in [9.17, 15) is 15.0 Å². The molecule has 3 rings (SSSR count). The minimum atomic E-state index is -1.33. The number of nitrogens with two attached hydrogens (primary N) is 2. The van der Waals surface area contributed by atoms with Gasteiger partial charge in [0.25, 0.3) is 0 Å². The number of carbonyl (C=O) groups is 1. The molecule has 154 valence electrons. The molecule has 1 saturated carbocycles. The van der Waals surface area contributed by atoms with Crippen LogP contribution < -0.4 is 11.5 Å². The summed E-state index contributed by atoms with van der Waals surface area (Å²) in [7, 11) is 1.76. The average Bonchev–Trinajstić information content (AvgIpc) is 3.07. The highest BCUT2D eigenvalue weighted by molar-refractivity contribution is 5.81. The number of imidazole rings is 1. The van der Waals surface area contributed by atoms with Gasteiger partial charge in [0.05, 0.1) is 19.0 Å². The lowest BCUT2D eigenvalue weighted by atomic mass is 9.79. The number of aromatic nitrogens is 4. The molecule has 2 aromatic rings. The first kappa shape index (κ1) is 20.4. The number of aliphatic hydroxyl groups excluding tert-OH is 1. The maximum absolute atomic E-state index is 12.3. The lowest BCUT2D eigenvalue weighted by molar-refractivity contribution is -0.143. The van der Waals surface area contributed by atoms with Gasteiger partial charge in [-0.05, 0) is 38.6 Å². The topological polar surface area (TPSA) is 156 Å². The largest absolute Gasteiger partial charge is 0.390 e. The maximum Gasteiger partial charge on any atom is 0.222 e. The molecular formula is C18H29N7O3. The molecular weight excluding hydrogens is 362 g/mol. The van der Waals surface area contributed by atoms with Gasteiger partial charge >= 0.3 is 0 Å². The summed E-state index contributed by atoms with van der Waals surface area (Å²) in [6.07, 6.45) is 5.24. The quantitative estimate of drug-likeness (QED) is 0.466. The summed E-state index contributed by atoms with van der Waals surface area (Å²) < 4.78 is 1.68. The molecule has 1 fully saturated rings. The number of nitrogens with zero attached hydrogens (tertiary/aromatic N) is 5. The number of amides is 1. The van der Waals surface area contributed by atoms with E-state index in [0.29, 0.717) is 43.4 Å². The van der Waals surface area contributed by atoms with Crippen molar-refractivity contribution in [3.8, 4) is 0 Å². The zero-order chi connectivity index (χ0) is 20.3. The molecule has 3 atom stereocenters. The van der Waals surface area contributed by atoms with E-state index < -0.39 is 11.7 Å². The summed E-state index contributed by atoms with van der Waals surface area (Å²) in [6, 6.07) is -0.0989. The maximum atomic E-state index is 12.3. The van der Waals surface area contributed by atoms with Gasteiger partial charge in [0.1, 0.15) is 17.4 Å². The normalized spacial score (nSPS) is 25.1. The van der Waals surface area contributed by atoms with Crippen LogP contribution in [0.15, 0.2) is 12.7 Å². The molecule has 1 aliphatic rings. The summed E-state index contributed by atoms with van der Waals surface area (Å²) >= 11 is 0. The highest BCUT2D eigenvalue weighted by Crippen LogP contribution is 2.33. The zero-order valence-electron chi connectivity index (χ0n) is 16.2. The van der Waals surface area contributed by atoms with Crippen molar-refractivity contribution in [1.29, 1.82) is 0 Å². The summed E-state index contributed by atoms with van der Waals surface area (Å²) in [4.78, 5) is 26.3. The molecule has 0 unspecified atom stereocenters. The molecule has 0 saturated heterocycles. The van der Waals surface area contributed by atoms with E-state index in [1.165, 1.54) is 6.33 Å². The molecule has 1 aliphatic carbocycles. The van der Waals surface area contributed by atoms with Crippen molar-refractivity contribution in [3.05, 3.63) is 12.7 Å². The number of nitrogen functional groups attached to an aromatic ring is 1. The fourth-order valence-corrected chi connectivity index (χ4v) is 3.82. The Hall–Kier alpha value is -2.30.